The quantitative estimate of drug-likeness (QED) is 0.847. The molecule has 94 valence electrons. The van der Waals surface area contributed by atoms with E-state index in [2.05, 4.69) is 48.3 Å². The van der Waals surface area contributed by atoms with E-state index in [1.54, 1.807) is 0 Å². The maximum atomic E-state index is 6.00. The van der Waals surface area contributed by atoms with Gasteiger partial charge in [-0.15, -0.1) is 0 Å². The molecule has 1 aliphatic carbocycles. The normalized spacial score (nSPS) is 21.9. The van der Waals surface area contributed by atoms with Crippen LogP contribution in [-0.4, -0.2) is 20.2 Å². The lowest BCUT2D eigenvalue weighted by atomic mass is 10.2. The van der Waals surface area contributed by atoms with Crippen molar-refractivity contribution in [3.05, 3.63) is 27.7 Å². The number of aromatic nitrogens is 4. The third kappa shape index (κ3) is 2.35. The van der Waals surface area contributed by atoms with E-state index < -0.39 is 0 Å². The molecule has 7 heteroatoms. The third-order valence-electron chi connectivity index (χ3n) is 3.07. The predicted molar refractivity (Wildman–Crippen MR) is 73.1 cm³/mol. The first kappa shape index (κ1) is 11.9. The maximum absolute atomic E-state index is 6.00. The lowest BCUT2D eigenvalue weighted by molar-refractivity contribution is 0.872. The summed E-state index contributed by atoms with van der Waals surface area (Å²) in [5.74, 6) is 2.62. The Hall–Kier alpha value is -1.14. The molecule has 2 aromatic heterocycles. The van der Waals surface area contributed by atoms with Gasteiger partial charge in [0.1, 0.15) is 5.02 Å². The van der Waals surface area contributed by atoms with Gasteiger partial charge >= 0.3 is 0 Å². The topological polar surface area (TPSA) is 66.5 Å². The van der Waals surface area contributed by atoms with Crippen LogP contribution in [0.4, 0.5) is 11.6 Å². The number of aromatic amines is 1. The van der Waals surface area contributed by atoms with Crippen molar-refractivity contribution < 1.29 is 0 Å². The molecular formula is C11H11BrClN5. The number of anilines is 2. The van der Waals surface area contributed by atoms with Crippen molar-refractivity contribution in [2.75, 3.05) is 5.32 Å². The molecule has 0 aromatic carbocycles. The molecule has 2 aromatic rings. The van der Waals surface area contributed by atoms with Crippen molar-refractivity contribution in [2.24, 2.45) is 5.92 Å². The average molecular weight is 329 g/mol. The summed E-state index contributed by atoms with van der Waals surface area (Å²) < 4.78 is 0.487. The second-order valence-corrected chi connectivity index (χ2v) is 5.61. The predicted octanol–water partition coefficient (Wildman–Crippen LogP) is 3.48. The summed E-state index contributed by atoms with van der Waals surface area (Å²) in [5.41, 5.74) is 1.16. The van der Waals surface area contributed by atoms with Crippen LogP contribution in [0.5, 0.6) is 0 Å². The van der Waals surface area contributed by atoms with Gasteiger partial charge in [-0.05, 0) is 28.3 Å². The van der Waals surface area contributed by atoms with E-state index in [0.29, 0.717) is 21.5 Å². The molecule has 1 fully saturated rings. The smallest absolute Gasteiger partial charge is 0.198 e. The van der Waals surface area contributed by atoms with Crippen LogP contribution in [0.3, 0.4) is 0 Å². The highest BCUT2D eigenvalue weighted by Crippen LogP contribution is 2.46. The second-order valence-electron chi connectivity index (χ2n) is 4.49. The van der Waals surface area contributed by atoms with Crippen molar-refractivity contribution in [2.45, 2.75) is 19.3 Å². The Balaban J connectivity index is 1.79. The number of nitrogens with zero attached hydrogens (tertiary/aromatic N) is 3. The molecule has 0 radical (unpaired) electrons. The van der Waals surface area contributed by atoms with Crippen molar-refractivity contribution in [3.63, 3.8) is 0 Å². The van der Waals surface area contributed by atoms with Crippen LogP contribution in [-0.2, 0) is 0 Å². The molecule has 0 unspecified atom stereocenters. The molecule has 0 aliphatic heterocycles. The SMILES string of the molecule is C[C@H]1C[C@@H]1c1cc(Nc2nc(Br)ncc2Cl)n[nH]1. The lowest BCUT2D eigenvalue weighted by Crippen LogP contribution is -1.96. The highest BCUT2D eigenvalue weighted by molar-refractivity contribution is 9.10. The average Bonchev–Trinajstić information content (AvgIpc) is 2.88. The summed E-state index contributed by atoms with van der Waals surface area (Å²) in [4.78, 5) is 8.10. The van der Waals surface area contributed by atoms with Crippen LogP contribution in [0.25, 0.3) is 0 Å². The van der Waals surface area contributed by atoms with Crippen LogP contribution in [0.1, 0.15) is 25.0 Å². The summed E-state index contributed by atoms with van der Waals surface area (Å²) in [7, 11) is 0. The fourth-order valence-corrected chi connectivity index (χ4v) is 2.32. The molecule has 3 rings (SSSR count). The Labute approximate surface area is 117 Å². The minimum Gasteiger partial charge on any atom is -0.322 e. The summed E-state index contributed by atoms with van der Waals surface area (Å²) in [6, 6.07) is 2.00. The minimum absolute atomic E-state index is 0.461. The zero-order valence-corrected chi connectivity index (χ0v) is 12.0. The van der Waals surface area contributed by atoms with Gasteiger partial charge in [-0.25, -0.2) is 9.97 Å². The van der Waals surface area contributed by atoms with Gasteiger partial charge in [-0.2, -0.15) is 5.10 Å². The van der Waals surface area contributed by atoms with E-state index >= 15 is 0 Å². The van der Waals surface area contributed by atoms with Crippen LogP contribution < -0.4 is 5.32 Å². The van der Waals surface area contributed by atoms with Crippen LogP contribution in [0, 0.1) is 5.92 Å². The molecule has 1 saturated carbocycles. The van der Waals surface area contributed by atoms with Gasteiger partial charge in [-0.3, -0.25) is 5.10 Å². The summed E-state index contributed by atoms with van der Waals surface area (Å²) in [6.07, 6.45) is 2.76. The van der Waals surface area contributed by atoms with E-state index in [-0.39, 0.29) is 0 Å². The van der Waals surface area contributed by atoms with E-state index in [1.807, 2.05) is 6.07 Å². The Bertz CT molecular complexity index is 585. The van der Waals surface area contributed by atoms with E-state index in [0.717, 1.165) is 17.4 Å². The van der Waals surface area contributed by atoms with Crippen LogP contribution in [0.15, 0.2) is 17.0 Å². The van der Waals surface area contributed by atoms with Gasteiger partial charge in [0.05, 0.1) is 6.20 Å². The van der Waals surface area contributed by atoms with Crippen molar-refractivity contribution >= 4 is 39.2 Å². The Morgan fingerprint density at radius 2 is 2.33 bits per heavy atom. The van der Waals surface area contributed by atoms with Gasteiger partial charge in [0.2, 0.25) is 0 Å². The fourth-order valence-electron chi connectivity index (χ4n) is 1.90. The first-order valence-electron chi connectivity index (χ1n) is 5.64. The molecule has 2 N–H and O–H groups in total. The zero-order chi connectivity index (χ0) is 12.7. The molecular weight excluding hydrogens is 318 g/mol. The van der Waals surface area contributed by atoms with Gasteiger partial charge in [-0.1, -0.05) is 18.5 Å². The highest BCUT2D eigenvalue weighted by atomic mass is 79.9. The van der Waals surface area contributed by atoms with E-state index in [4.69, 9.17) is 11.6 Å². The number of halogens is 2. The van der Waals surface area contributed by atoms with Gasteiger partial charge < -0.3 is 5.32 Å². The summed E-state index contributed by atoms with van der Waals surface area (Å²) in [6.45, 7) is 2.23. The molecule has 0 amide bonds. The third-order valence-corrected chi connectivity index (χ3v) is 3.73. The number of hydrogen-bond acceptors (Lipinski definition) is 4. The Morgan fingerprint density at radius 1 is 1.56 bits per heavy atom. The molecule has 1 aliphatic rings. The zero-order valence-electron chi connectivity index (χ0n) is 9.61. The van der Waals surface area contributed by atoms with Crippen LogP contribution >= 0.6 is 27.5 Å². The lowest BCUT2D eigenvalue weighted by Gasteiger charge is -2.03. The van der Waals surface area contributed by atoms with Crippen molar-refractivity contribution in [3.8, 4) is 0 Å². The molecule has 18 heavy (non-hydrogen) atoms. The van der Waals surface area contributed by atoms with Gasteiger partial charge in [0.15, 0.2) is 16.4 Å². The second kappa shape index (κ2) is 4.51. The first-order chi connectivity index (χ1) is 8.63. The standard InChI is InChI=1S/C11H11BrClN5/c1-5-2-6(5)8-3-9(18-17-8)15-10-7(13)4-14-11(12)16-10/h3-6H,2H2,1H3,(H2,14,15,16,17,18)/t5-,6-/m0/s1. The monoisotopic (exact) mass is 327 g/mol. The molecule has 0 bridgehead atoms. The number of H-pyrrole nitrogens is 1. The Kier molecular flexibility index (Phi) is 2.99. The molecule has 0 saturated heterocycles. The molecule has 5 nitrogen and oxygen atoms in total. The molecule has 2 heterocycles. The molecule has 2 atom stereocenters. The van der Waals surface area contributed by atoms with Gasteiger partial charge in [0.25, 0.3) is 0 Å². The summed E-state index contributed by atoms with van der Waals surface area (Å²) in [5, 5.41) is 10.8. The minimum atomic E-state index is 0.461. The Morgan fingerprint density at radius 3 is 3.06 bits per heavy atom. The number of hydrogen-bond donors (Lipinski definition) is 2. The van der Waals surface area contributed by atoms with Gasteiger partial charge in [0, 0.05) is 17.7 Å². The highest BCUT2D eigenvalue weighted by Gasteiger charge is 2.35. The fraction of sp³-hybridized carbons (Fsp3) is 0.364. The number of rotatable bonds is 3. The first-order valence-corrected chi connectivity index (χ1v) is 6.81. The molecule has 0 spiro atoms. The van der Waals surface area contributed by atoms with Crippen molar-refractivity contribution in [1.82, 2.24) is 20.2 Å². The number of nitrogens with one attached hydrogen (secondary N) is 2. The van der Waals surface area contributed by atoms with E-state index in [9.17, 15) is 0 Å². The van der Waals surface area contributed by atoms with E-state index in [1.165, 1.54) is 12.6 Å². The largest absolute Gasteiger partial charge is 0.322 e. The maximum Gasteiger partial charge on any atom is 0.198 e. The van der Waals surface area contributed by atoms with Crippen LogP contribution in [0.2, 0.25) is 5.02 Å². The summed E-state index contributed by atoms with van der Waals surface area (Å²) >= 11 is 9.21. The van der Waals surface area contributed by atoms with Crippen molar-refractivity contribution in [1.29, 1.82) is 0 Å².